The lowest BCUT2D eigenvalue weighted by Crippen LogP contribution is -2.32. The van der Waals surface area contributed by atoms with Gasteiger partial charge in [-0.2, -0.15) is 0 Å². The first kappa shape index (κ1) is 15.9. The van der Waals surface area contributed by atoms with E-state index in [1.165, 1.54) is 6.07 Å². The number of esters is 1. The summed E-state index contributed by atoms with van der Waals surface area (Å²) in [7, 11) is 0. The Morgan fingerprint density at radius 1 is 1.47 bits per heavy atom. The molecule has 3 nitrogen and oxygen atoms in total. The lowest BCUT2D eigenvalue weighted by atomic mass is 10.1. The summed E-state index contributed by atoms with van der Waals surface area (Å²) in [4.78, 5) is 11.5. The molecule has 0 heterocycles. The van der Waals surface area contributed by atoms with Gasteiger partial charge in [-0.15, -0.1) is 0 Å². The van der Waals surface area contributed by atoms with Gasteiger partial charge in [-0.25, -0.2) is 4.39 Å². The highest BCUT2D eigenvalue weighted by Gasteiger charge is 2.17. The van der Waals surface area contributed by atoms with Gasteiger partial charge in [-0.3, -0.25) is 4.79 Å². The first-order valence-electron chi connectivity index (χ1n) is 6.09. The molecule has 0 spiro atoms. The number of ether oxygens (including phenoxy) is 1. The molecule has 19 heavy (non-hydrogen) atoms. The van der Waals surface area contributed by atoms with Crippen LogP contribution in [0.2, 0.25) is 5.02 Å². The van der Waals surface area contributed by atoms with Gasteiger partial charge in [-0.05, 0) is 45.4 Å². The molecule has 0 saturated carbocycles. The summed E-state index contributed by atoms with van der Waals surface area (Å²) in [6.45, 7) is 7.40. The van der Waals surface area contributed by atoms with E-state index in [4.69, 9.17) is 16.3 Å². The Morgan fingerprint density at radius 3 is 2.63 bits per heavy atom. The van der Waals surface area contributed by atoms with Crippen molar-refractivity contribution in [2.24, 2.45) is 0 Å². The maximum Gasteiger partial charge on any atom is 0.320 e. The second kappa shape index (κ2) is 6.35. The van der Waals surface area contributed by atoms with E-state index in [9.17, 15) is 9.18 Å². The number of benzene rings is 1. The third-order valence-corrected chi connectivity index (χ3v) is 2.71. The van der Waals surface area contributed by atoms with E-state index >= 15 is 0 Å². The molecule has 0 fully saturated rings. The van der Waals surface area contributed by atoms with Crippen LogP contribution >= 0.6 is 11.6 Å². The first-order valence-corrected chi connectivity index (χ1v) is 6.47. The Morgan fingerprint density at radius 2 is 2.11 bits per heavy atom. The number of hydrogen-bond donors (Lipinski definition) is 1. The molecule has 1 N–H and O–H groups in total. The molecular weight excluding hydrogens is 269 g/mol. The molecule has 0 aliphatic heterocycles. The summed E-state index contributed by atoms with van der Waals surface area (Å²) in [5.74, 6) is -0.780. The highest BCUT2D eigenvalue weighted by molar-refractivity contribution is 6.30. The Balaban J connectivity index is 2.53. The highest BCUT2D eigenvalue weighted by Crippen LogP contribution is 2.20. The highest BCUT2D eigenvalue weighted by atomic mass is 35.5. The molecule has 0 aliphatic carbocycles. The molecule has 0 bridgehead atoms. The van der Waals surface area contributed by atoms with Crippen LogP contribution in [0, 0.1) is 5.82 Å². The van der Waals surface area contributed by atoms with E-state index in [1.807, 2.05) is 27.7 Å². The van der Waals surface area contributed by atoms with Crippen molar-refractivity contribution in [3.63, 3.8) is 0 Å². The molecular formula is C14H19ClFNO2. The van der Waals surface area contributed by atoms with Gasteiger partial charge >= 0.3 is 5.97 Å². The summed E-state index contributed by atoms with van der Waals surface area (Å²) in [6, 6.07) is 4.37. The van der Waals surface area contributed by atoms with Gasteiger partial charge < -0.3 is 10.1 Å². The van der Waals surface area contributed by atoms with Crippen molar-refractivity contribution in [3.05, 3.63) is 34.6 Å². The van der Waals surface area contributed by atoms with Gasteiger partial charge in [0.2, 0.25) is 0 Å². The third-order valence-electron chi connectivity index (χ3n) is 2.42. The number of rotatable bonds is 4. The van der Waals surface area contributed by atoms with E-state index in [0.717, 1.165) is 5.56 Å². The summed E-state index contributed by atoms with van der Waals surface area (Å²) in [5, 5.41) is 3.08. The van der Waals surface area contributed by atoms with E-state index in [0.29, 0.717) is 0 Å². The topological polar surface area (TPSA) is 38.3 Å². The van der Waals surface area contributed by atoms with Crippen LogP contribution in [0.4, 0.5) is 4.39 Å². The largest absolute Gasteiger partial charge is 0.459 e. The smallest absolute Gasteiger partial charge is 0.320 e. The molecule has 0 amide bonds. The Kier molecular flexibility index (Phi) is 5.32. The van der Waals surface area contributed by atoms with E-state index in [2.05, 4.69) is 5.32 Å². The van der Waals surface area contributed by atoms with Crippen molar-refractivity contribution in [2.75, 3.05) is 6.54 Å². The minimum absolute atomic E-state index is 0.0726. The van der Waals surface area contributed by atoms with E-state index < -0.39 is 11.4 Å². The van der Waals surface area contributed by atoms with Crippen molar-refractivity contribution in [1.82, 2.24) is 5.32 Å². The summed E-state index contributed by atoms with van der Waals surface area (Å²) in [6.07, 6.45) is 0. The zero-order valence-electron chi connectivity index (χ0n) is 11.6. The van der Waals surface area contributed by atoms with Crippen LogP contribution in [0.3, 0.4) is 0 Å². The molecule has 1 rings (SSSR count). The number of carbonyl (C=O) groups is 1. The minimum atomic E-state index is -0.499. The fraction of sp³-hybridized carbons (Fsp3) is 0.500. The molecule has 0 aromatic heterocycles. The number of carbonyl (C=O) groups excluding carboxylic acids is 1. The molecule has 0 radical (unpaired) electrons. The Hall–Kier alpha value is -1.13. The van der Waals surface area contributed by atoms with Crippen molar-refractivity contribution in [1.29, 1.82) is 0 Å². The lowest BCUT2D eigenvalue weighted by Gasteiger charge is -2.21. The predicted octanol–water partition coefficient (Wildman–Crippen LogP) is 3.47. The molecule has 0 saturated heterocycles. The average molecular weight is 288 g/mol. The van der Waals surface area contributed by atoms with Crippen LogP contribution in [0.5, 0.6) is 0 Å². The molecule has 1 aromatic carbocycles. The molecule has 1 atom stereocenters. The van der Waals surface area contributed by atoms with Gasteiger partial charge in [0.15, 0.2) is 0 Å². The number of nitrogens with one attached hydrogen (secondary N) is 1. The standard InChI is InChI=1S/C14H19ClFNO2/c1-9(10-5-6-12(16)11(15)7-10)17-8-13(18)19-14(2,3)4/h5-7,9,17H,8H2,1-4H3. The zero-order valence-corrected chi connectivity index (χ0v) is 12.3. The van der Waals surface area contributed by atoms with Gasteiger partial charge in [-0.1, -0.05) is 17.7 Å². The second-order valence-electron chi connectivity index (χ2n) is 5.36. The summed E-state index contributed by atoms with van der Waals surface area (Å²) >= 11 is 5.71. The monoisotopic (exact) mass is 287 g/mol. The van der Waals surface area contributed by atoms with Crippen LogP contribution < -0.4 is 5.32 Å². The van der Waals surface area contributed by atoms with Crippen LogP contribution in [0.25, 0.3) is 0 Å². The summed E-state index contributed by atoms with van der Waals surface area (Å²) < 4.78 is 18.2. The Bertz CT molecular complexity index is 457. The van der Waals surface area contributed by atoms with Crippen LogP contribution in [-0.4, -0.2) is 18.1 Å². The van der Waals surface area contributed by atoms with Crippen molar-refractivity contribution in [3.8, 4) is 0 Å². The Labute approximate surface area is 118 Å². The van der Waals surface area contributed by atoms with Crippen LogP contribution in [0.1, 0.15) is 39.3 Å². The second-order valence-corrected chi connectivity index (χ2v) is 5.77. The van der Waals surface area contributed by atoms with Crippen LogP contribution in [0.15, 0.2) is 18.2 Å². The van der Waals surface area contributed by atoms with Crippen LogP contribution in [-0.2, 0) is 9.53 Å². The summed E-state index contributed by atoms with van der Waals surface area (Å²) in [5.41, 5.74) is 0.316. The van der Waals surface area contributed by atoms with Crippen molar-refractivity contribution < 1.29 is 13.9 Å². The molecule has 5 heteroatoms. The molecule has 106 valence electrons. The molecule has 1 unspecified atom stereocenters. The fourth-order valence-corrected chi connectivity index (χ4v) is 1.70. The maximum absolute atomic E-state index is 13.0. The molecule has 1 aromatic rings. The quantitative estimate of drug-likeness (QED) is 0.862. The number of halogens is 2. The third kappa shape index (κ3) is 5.57. The average Bonchev–Trinajstić information content (AvgIpc) is 2.27. The van der Waals surface area contributed by atoms with Gasteiger partial charge in [0.1, 0.15) is 11.4 Å². The normalized spacial score (nSPS) is 13.2. The SMILES string of the molecule is CC(NCC(=O)OC(C)(C)C)c1ccc(F)c(Cl)c1. The molecule has 0 aliphatic rings. The first-order chi connectivity index (χ1) is 8.69. The fourth-order valence-electron chi connectivity index (χ4n) is 1.51. The lowest BCUT2D eigenvalue weighted by molar-refractivity contribution is -0.153. The number of hydrogen-bond acceptors (Lipinski definition) is 3. The van der Waals surface area contributed by atoms with Gasteiger partial charge in [0, 0.05) is 6.04 Å². The predicted molar refractivity (Wildman–Crippen MR) is 73.7 cm³/mol. The van der Waals surface area contributed by atoms with Gasteiger partial charge in [0.25, 0.3) is 0 Å². The van der Waals surface area contributed by atoms with Crippen molar-refractivity contribution in [2.45, 2.75) is 39.3 Å². The zero-order chi connectivity index (χ0) is 14.6. The van der Waals surface area contributed by atoms with E-state index in [-0.39, 0.29) is 23.6 Å². The van der Waals surface area contributed by atoms with Crippen molar-refractivity contribution >= 4 is 17.6 Å². The van der Waals surface area contributed by atoms with Gasteiger partial charge in [0.05, 0.1) is 11.6 Å². The van der Waals surface area contributed by atoms with E-state index in [1.54, 1.807) is 12.1 Å². The maximum atomic E-state index is 13.0. The minimum Gasteiger partial charge on any atom is -0.459 e.